The van der Waals surface area contributed by atoms with Gasteiger partial charge in [-0.05, 0) is 19.3 Å². The van der Waals surface area contributed by atoms with E-state index in [1.807, 2.05) is 6.92 Å². The summed E-state index contributed by atoms with van der Waals surface area (Å²) in [5.41, 5.74) is 0. The number of carbonyl (C=O) groups is 2. The summed E-state index contributed by atoms with van der Waals surface area (Å²) in [7, 11) is 0. The van der Waals surface area contributed by atoms with Crippen molar-refractivity contribution in [3.8, 4) is 0 Å². The molecule has 0 aromatic rings. The van der Waals surface area contributed by atoms with Gasteiger partial charge in [-0.2, -0.15) is 0 Å². The van der Waals surface area contributed by atoms with Gasteiger partial charge in [0.2, 0.25) is 5.91 Å². The SMILES string of the molecule is CCCC(Br)C(=O)NCCOCCOC(=O)CCCCBr. The van der Waals surface area contributed by atoms with Gasteiger partial charge in [-0.15, -0.1) is 0 Å². The number of alkyl halides is 2. The number of unbranched alkanes of at least 4 members (excludes halogenated alkanes) is 1. The molecule has 5 nitrogen and oxygen atoms in total. The van der Waals surface area contributed by atoms with E-state index in [9.17, 15) is 9.59 Å². The van der Waals surface area contributed by atoms with Crippen LogP contribution in [0.3, 0.4) is 0 Å². The average Bonchev–Trinajstić information content (AvgIpc) is 2.46. The second kappa shape index (κ2) is 14.8. The predicted octanol–water partition coefficient (Wildman–Crippen LogP) is 2.79. The summed E-state index contributed by atoms with van der Waals surface area (Å²) in [6.45, 7) is 3.53. The van der Waals surface area contributed by atoms with Crippen LogP contribution in [0.1, 0.15) is 39.0 Å². The van der Waals surface area contributed by atoms with E-state index in [-0.39, 0.29) is 23.3 Å². The highest BCUT2D eigenvalue weighted by molar-refractivity contribution is 9.10. The van der Waals surface area contributed by atoms with Gasteiger partial charge < -0.3 is 14.8 Å². The van der Waals surface area contributed by atoms with Gasteiger partial charge in [-0.25, -0.2) is 0 Å². The van der Waals surface area contributed by atoms with E-state index in [0.717, 1.165) is 31.0 Å². The van der Waals surface area contributed by atoms with Crippen LogP contribution in [-0.2, 0) is 19.1 Å². The van der Waals surface area contributed by atoms with Crippen molar-refractivity contribution in [2.75, 3.05) is 31.7 Å². The molecular formula is C14H25Br2NO4. The lowest BCUT2D eigenvalue weighted by Crippen LogP contribution is -2.33. The average molecular weight is 431 g/mol. The molecule has 1 N–H and O–H groups in total. The van der Waals surface area contributed by atoms with Crippen molar-refractivity contribution in [2.24, 2.45) is 0 Å². The van der Waals surface area contributed by atoms with Crippen LogP contribution in [0.15, 0.2) is 0 Å². The summed E-state index contributed by atoms with van der Waals surface area (Å²) in [6, 6.07) is 0. The first-order chi connectivity index (χ1) is 10.1. The van der Waals surface area contributed by atoms with E-state index >= 15 is 0 Å². The highest BCUT2D eigenvalue weighted by Gasteiger charge is 2.12. The molecule has 7 heteroatoms. The van der Waals surface area contributed by atoms with Gasteiger partial charge in [0.25, 0.3) is 0 Å². The largest absolute Gasteiger partial charge is 0.463 e. The number of amides is 1. The van der Waals surface area contributed by atoms with E-state index in [1.165, 1.54) is 0 Å². The fraction of sp³-hybridized carbons (Fsp3) is 0.857. The Hall–Kier alpha value is -0.140. The van der Waals surface area contributed by atoms with Gasteiger partial charge in [0.15, 0.2) is 0 Å². The maximum absolute atomic E-state index is 11.6. The van der Waals surface area contributed by atoms with Crippen molar-refractivity contribution in [2.45, 2.75) is 43.9 Å². The summed E-state index contributed by atoms with van der Waals surface area (Å²) in [6.07, 6.45) is 4.03. The normalized spacial score (nSPS) is 12.0. The molecule has 1 atom stereocenters. The molecule has 0 bridgehead atoms. The molecule has 0 heterocycles. The Bertz CT molecular complexity index is 290. The fourth-order valence-electron chi connectivity index (χ4n) is 1.49. The van der Waals surface area contributed by atoms with Crippen molar-refractivity contribution in [1.29, 1.82) is 0 Å². The second-order valence-corrected chi connectivity index (χ2v) is 6.42. The minimum Gasteiger partial charge on any atom is -0.463 e. The fourth-order valence-corrected chi connectivity index (χ4v) is 2.51. The summed E-state index contributed by atoms with van der Waals surface area (Å²) >= 11 is 6.64. The smallest absolute Gasteiger partial charge is 0.305 e. The zero-order chi connectivity index (χ0) is 15.9. The lowest BCUT2D eigenvalue weighted by Gasteiger charge is -2.10. The Labute approximate surface area is 143 Å². The Morgan fingerprint density at radius 3 is 2.62 bits per heavy atom. The molecule has 1 unspecified atom stereocenters. The third-order valence-corrected chi connectivity index (χ3v) is 4.06. The van der Waals surface area contributed by atoms with Crippen molar-refractivity contribution < 1.29 is 19.1 Å². The highest BCUT2D eigenvalue weighted by atomic mass is 79.9. The lowest BCUT2D eigenvalue weighted by atomic mass is 10.2. The quantitative estimate of drug-likeness (QED) is 0.277. The van der Waals surface area contributed by atoms with Crippen LogP contribution >= 0.6 is 31.9 Å². The number of hydrogen-bond acceptors (Lipinski definition) is 4. The van der Waals surface area contributed by atoms with Gasteiger partial charge in [0.1, 0.15) is 6.61 Å². The van der Waals surface area contributed by atoms with E-state index in [1.54, 1.807) is 0 Å². The van der Waals surface area contributed by atoms with Crippen LogP contribution < -0.4 is 5.32 Å². The van der Waals surface area contributed by atoms with Crippen LogP contribution in [0, 0.1) is 0 Å². The zero-order valence-electron chi connectivity index (χ0n) is 12.5. The molecule has 0 saturated carbocycles. The van der Waals surface area contributed by atoms with Crippen LogP contribution in [0.4, 0.5) is 0 Å². The maximum Gasteiger partial charge on any atom is 0.305 e. The second-order valence-electron chi connectivity index (χ2n) is 4.53. The zero-order valence-corrected chi connectivity index (χ0v) is 15.7. The topological polar surface area (TPSA) is 64.6 Å². The van der Waals surface area contributed by atoms with E-state index in [2.05, 4.69) is 37.2 Å². The van der Waals surface area contributed by atoms with Gasteiger partial charge in [0.05, 0.1) is 18.0 Å². The number of ether oxygens (including phenoxy) is 2. The molecule has 0 aliphatic heterocycles. The molecule has 0 radical (unpaired) electrons. The number of esters is 1. The van der Waals surface area contributed by atoms with Gasteiger partial charge >= 0.3 is 5.97 Å². The molecule has 0 rings (SSSR count). The molecular weight excluding hydrogens is 406 g/mol. The molecule has 0 aliphatic carbocycles. The van der Waals surface area contributed by atoms with Gasteiger partial charge in [-0.1, -0.05) is 45.2 Å². The number of carbonyl (C=O) groups excluding carboxylic acids is 2. The van der Waals surface area contributed by atoms with Crippen molar-refractivity contribution in [3.63, 3.8) is 0 Å². The summed E-state index contributed by atoms with van der Waals surface area (Å²) < 4.78 is 10.3. The first-order valence-electron chi connectivity index (χ1n) is 7.33. The van der Waals surface area contributed by atoms with Crippen LogP contribution in [0.5, 0.6) is 0 Å². The van der Waals surface area contributed by atoms with Crippen LogP contribution in [-0.4, -0.2) is 48.4 Å². The van der Waals surface area contributed by atoms with Crippen LogP contribution in [0.2, 0.25) is 0 Å². The van der Waals surface area contributed by atoms with Crippen molar-refractivity contribution in [3.05, 3.63) is 0 Å². The third-order valence-electron chi connectivity index (χ3n) is 2.63. The van der Waals surface area contributed by atoms with Crippen molar-refractivity contribution in [1.82, 2.24) is 5.32 Å². The molecule has 21 heavy (non-hydrogen) atoms. The Morgan fingerprint density at radius 2 is 1.95 bits per heavy atom. The molecule has 0 aromatic heterocycles. The molecule has 0 spiro atoms. The van der Waals surface area contributed by atoms with E-state index < -0.39 is 0 Å². The molecule has 1 amide bonds. The van der Waals surface area contributed by atoms with Crippen LogP contribution in [0.25, 0.3) is 0 Å². The number of nitrogens with one attached hydrogen (secondary N) is 1. The van der Waals surface area contributed by atoms with Gasteiger partial charge in [0, 0.05) is 18.3 Å². The number of halogens is 2. The molecule has 0 saturated heterocycles. The first kappa shape index (κ1) is 20.9. The Balaban J connectivity index is 3.36. The summed E-state index contributed by atoms with van der Waals surface area (Å²) in [4.78, 5) is 22.7. The molecule has 124 valence electrons. The minimum atomic E-state index is -0.186. The number of hydrogen-bond donors (Lipinski definition) is 1. The maximum atomic E-state index is 11.6. The summed E-state index contributed by atoms with van der Waals surface area (Å²) in [5, 5.41) is 3.68. The lowest BCUT2D eigenvalue weighted by molar-refractivity contribution is -0.145. The number of rotatable bonds is 13. The Morgan fingerprint density at radius 1 is 1.19 bits per heavy atom. The third kappa shape index (κ3) is 13.3. The molecule has 0 aromatic carbocycles. The van der Waals surface area contributed by atoms with Gasteiger partial charge in [-0.3, -0.25) is 9.59 Å². The Kier molecular flexibility index (Phi) is 14.7. The highest BCUT2D eigenvalue weighted by Crippen LogP contribution is 2.07. The summed E-state index contributed by atoms with van der Waals surface area (Å²) in [5.74, 6) is -0.201. The first-order valence-corrected chi connectivity index (χ1v) is 9.36. The minimum absolute atomic E-state index is 0.0151. The molecule has 0 aliphatic rings. The van der Waals surface area contributed by atoms with Crippen molar-refractivity contribution >= 4 is 43.7 Å². The predicted molar refractivity (Wildman–Crippen MR) is 90.1 cm³/mol. The monoisotopic (exact) mass is 429 g/mol. The standard InChI is InChI=1S/C14H25Br2NO4/c1-2-5-12(16)14(19)17-8-9-20-10-11-21-13(18)6-3-4-7-15/h12H,2-11H2,1H3,(H,17,19). The van der Waals surface area contributed by atoms with E-state index in [0.29, 0.717) is 26.2 Å². The van der Waals surface area contributed by atoms with E-state index in [4.69, 9.17) is 9.47 Å². The molecule has 0 fully saturated rings.